The van der Waals surface area contributed by atoms with Crippen molar-refractivity contribution in [3.8, 4) is 0 Å². The van der Waals surface area contributed by atoms with Gasteiger partial charge in [0.2, 0.25) is 0 Å². The number of halogens is 3. The van der Waals surface area contributed by atoms with Gasteiger partial charge in [0.1, 0.15) is 0 Å². The predicted molar refractivity (Wildman–Crippen MR) is 76.7 cm³/mol. The maximum absolute atomic E-state index is 13.0. The van der Waals surface area contributed by atoms with Crippen molar-refractivity contribution in [3.05, 3.63) is 35.4 Å². The van der Waals surface area contributed by atoms with Gasteiger partial charge in [0, 0.05) is 12.6 Å². The summed E-state index contributed by atoms with van der Waals surface area (Å²) in [7, 11) is 0. The standard InChI is InChI=1S/C17H22F3N/c1-11(15-9-12-6-7-13(15)8-12)21-10-14-4-2-3-5-16(14)17(18,19)20/h2-5,11-13,15,21H,6-10H2,1H3/t11-,12+,13+,15+/m1/s1. The molecule has 4 heteroatoms. The van der Waals surface area contributed by atoms with Crippen molar-refractivity contribution in [1.82, 2.24) is 5.32 Å². The zero-order valence-corrected chi connectivity index (χ0v) is 12.3. The van der Waals surface area contributed by atoms with E-state index in [1.54, 1.807) is 12.1 Å². The minimum atomic E-state index is -4.27. The lowest BCUT2D eigenvalue weighted by Gasteiger charge is -2.29. The summed E-state index contributed by atoms with van der Waals surface area (Å²) in [6.45, 7) is 2.42. The first-order valence-corrected chi connectivity index (χ1v) is 7.83. The predicted octanol–water partition coefficient (Wildman–Crippen LogP) is 4.62. The number of nitrogens with one attached hydrogen (secondary N) is 1. The summed E-state index contributed by atoms with van der Waals surface area (Å²) >= 11 is 0. The Morgan fingerprint density at radius 2 is 1.95 bits per heavy atom. The molecule has 0 heterocycles. The molecule has 0 saturated heterocycles. The zero-order chi connectivity index (χ0) is 15.0. The fraction of sp³-hybridized carbons (Fsp3) is 0.647. The van der Waals surface area contributed by atoms with E-state index in [0.29, 0.717) is 24.1 Å². The third-order valence-electron chi connectivity index (χ3n) is 5.37. The maximum Gasteiger partial charge on any atom is 0.416 e. The molecule has 2 aliphatic rings. The van der Waals surface area contributed by atoms with E-state index in [1.807, 2.05) is 0 Å². The molecule has 0 unspecified atom stereocenters. The molecule has 3 rings (SSSR count). The fourth-order valence-corrected chi connectivity index (χ4v) is 4.28. The second-order valence-corrected chi connectivity index (χ2v) is 6.66. The van der Waals surface area contributed by atoms with Crippen LogP contribution in [0.1, 0.15) is 43.7 Å². The molecule has 2 aliphatic carbocycles. The molecule has 1 aromatic rings. The highest BCUT2D eigenvalue weighted by Gasteiger charge is 2.41. The molecule has 1 aromatic carbocycles. The van der Waals surface area contributed by atoms with Crippen molar-refractivity contribution in [2.75, 3.05) is 0 Å². The topological polar surface area (TPSA) is 12.0 Å². The number of alkyl halides is 3. The average molecular weight is 297 g/mol. The molecule has 21 heavy (non-hydrogen) atoms. The van der Waals surface area contributed by atoms with E-state index >= 15 is 0 Å². The van der Waals surface area contributed by atoms with Crippen molar-refractivity contribution < 1.29 is 13.2 Å². The van der Waals surface area contributed by atoms with Gasteiger partial charge in [-0.15, -0.1) is 0 Å². The Balaban J connectivity index is 1.63. The average Bonchev–Trinajstić information content (AvgIpc) is 3.06. The molecular formula is C17H22F3N. The molecular weight excluding hydrogens is 275 g/mol. The first-order chi connectivity index (χ1) is 9.95. The summed E-state index contributed by atoms with van der Waals surface area (Å²) in [5, 5.41) is 3.34. The molecule has 116 valence electrons. The summed E-state index contributed by atoms with van der Waals surface area (Å²) in [4.78, 5) is 0. The van der Waals surface area contributed by atoms with E-state index in [0.717, 1.165) is 11.8 Å². The smallest absolute Gasteiger partial charge is 0.310 e. The van der Waals surface area contributed by atoms with Crippen molar-refractivity contribution in [3.63, 3.8) is 0 Å². The maximum atomic E-state index is 13.0. The van der Waals surface area contributed by atoms with Crippen LogP contribution >= 0.6 is 0 Å². The largest absolute Gasteiger partial charge is 0.416 e. The Kier molecular flexibility index (Phi) is 4.00. The second-order valence-electron chi connectivity index (χ2n) is 6.66. The van der Waals surface area contributed by atoms with Crippen LogP contribution in [0.5, 0.6) is 0 Å². The van der Waals surface area contributed by atoms with E-state index in [1.165, 1.54) is 37.8 Å². The second kappa shape index (κ2) is 5.64. The van der Waals surface area contributed by atoms with Gasteiger partial charge in [-0.25, -0.2) is 0 Å². The first kappa shape index (κ1) is 14.9. The van der Waals surface area contributed by atoms with Gasteiger partial charge < -0.3 is 5.32 Å². The lowest BCUT2D eigenvalue weighted by molar-refractivity contribution is -0.138. The Hall–Kier alpha value is -1.03. The summed E-state index contributed by atoms with van der Waals surface area (Å²) in [6.07, 6.45) is 0.967. The van der Waals surface area contributed by atoms with Crippen molar-refractivity contribution >= 4 is 0 Å². The lowest BCUT2D eigenvalue weighted by atomic mass is 9.84. The van der Waals surface area contributed by atoms with Gasteiger partial charge in [0.15, 0.2) is 0 Å². The van der Waals surface area contributed by atoms with Crippen molar-refractivity contribution in [2.24, 2.45) is 17.8 Å². The highest BCUT2D eigenvalue weighted by molar-refractivity contribution is 5.29. The van der Waals surface area contributed by atoms with Gasteiger partial charge in [-0.05, 0) is 55.6 Å². The summed E-state index contributed by atoms with van der Waals surface area (Å²) in [5.41, 5.74) is -0.169. The van der Waals surface area contributed by atoms with Crippen LogP contribution in [-0.4, -0.2) is 6.04 Å². The SMILES string of the molecule is C[C@@H](NCc1ccccc1C(F)(F)F)[C@@H]1C[C@H]2CC[C@H]1C2. The Labute approximate surface area is 123 Å². The van der Waals surface area contributed by atoms with Crippen LogP contribution in [0.3, 0.4) is 0 Å². The Bertz CT molecular complexity index is 497. The van der Waals surface area contributed by atoms with Crippen molar-refractivity contribution in [2.45, 2.75) is 51.4 Å². The molecule has 0 aliphatic heterocycles. The van der Waals surface area contributed by atoms with E-state index in [2.05, 4.69) is 12.2 Å². The van der Waals surface area contributed by atoms with Crippen LogP contribution in [0.2, 0.25) is 0 Å². The molecule has 2 saturated carbocycles. The summed E-state index contributed by atoms with van der Waals surface area (Å²) in [6, 6.07) is 6.16. The van der Waals surface area contributed by atoms with Gasteiger partial charge in [-0.2, -0.15) is 13.2 Å². The molecule has 1 N–H and O–H groups in total. The molecule has 1 nitrogen and oxygen atoms in total. The molecule has 2 bridgehead atoms. The number of benzene rings is 1. The molecule has 0 spiro atoms. The molecule has 2 fully saturated rings. The Morgan fingerprint density at radius 3 is 2.57 bits per heavy atom. The van der Waals surface area contributed by atoms with Gasteiger partial charge in [0.25, 0.3) is 0 Å². The molecule has 0 radical (unpaired) electrons. The van der Waals surface area contributed by atoms with Crippen molar-refractivity contribution in [1.29, 1.82) is 0 Å². The number of hydrogen-bond acceptors (Lipinski definition) is 1. The number of rotatable bonds is 4. The number of fused-ring (bicyclic) bond motifs is 2. The first-order valence-electron chi connectivity index (χ1n) is 7.83. The molecule has 0 amide bonds. The minimum absolute atomic E-state index is 0.293. The van der Waals surface area contributed by atoms with Gasteiger partial charge in [-0.3, -0.25) is 0 Å². The minimum Gasteiger partial charge on any atom is -0.310 e. The van der Waals surface area contributed by atoms with Crippen LogP contribution in [0, 0.1) is 17.8 Å². The lowest BCUT2D eigenvalue weighted by Crippen LogP contribution is -2.36. The molecule has 4 atom stereocenters. The zero-order valence-electron chi connectivity index (χ0n) is 12.3. The third-order valence-corrected chi connectivity index (χ3v) is 5.37. The highest BCUT2D eigenvalue weighted by atomic mass is 19.4. The normalized spacial score (nSPS) is 29.8. The van der Waals surface area contributed by atoms with E-state index in [-0.39, 0.29) is 0 Å². The summed E-state index contributed by atoms with van der Waals surface area (Å²) in [5.74, 6) is 2.30. The molecule has 0 aromatic heterocycles. The van der Waals surface area contributed by atoms with Crippen LogP contribution in [0.15, 0.2) is 24.3 Å². The van der Waals surface area contributed by atoms with Crippen LogP contribution in [0.25, 0.3) is 0 Å². The summed E-state index contributed by atoms with van der Waals surface area (Å²) < 4.78 is 38.9. The van der Waals surface area contributed by atoms with Gasteiger partial charge in [0.05, 0.1) is 5.56 Å². The van der Waals surface area contributed by atoms with Crippen LogP contribution < -0.4 is 5.32 Å². The van der Waals surface area contributed by atoms with E-state index in [9.17, 15) is 13.2 Å². The monoisotopic (exact) mass is 297 g/mol. The third kappa shape index (κ3) is 3.10. The fourth-order valence-electron chi connectivity index (χ4n) is 4.28. The highest BCUT2D eigenvalue weighted by Crippen LogP contribution is 2.49. The number of hydrogen-bond donors (Lipinski definition) is 1. The quantitative estimate of drug-likeness (QED) is 0.855. The van der Waals surface area contributed by atoms with Crippen LogP contribution in [0.4, 0.5) is 13.2 Å². The Morgan fingerprint density at radius 1 is 1.19 bits per heavy atom. The van der Waals surface area contributed by atoms with E-state index in [4.69, 9.17) is 0 Å². The van der Waals surface area contributed by atoms with E-state index < -0.39 is 11.7 Å². The van der Waals surface area contributed by atoms with Crippen LogP contribution in [-0.2, 0) is 12.7 Å². The van der Waals surface area contributed by atoms with Gasteiger partial charge >= 0.3 is 6.18 Å². The van der Waals surface area contributed by atoms with Gasteiger partial charge in [-0.1, -0.05) is 24.6 Å².